The van der Waals surface area contributed by atoms with Gasteiger partial charge < -0.3 is 14.6 Å². The first-order valence-corrected chi connectivity index (χ1v) is 10.7. The van der Waals surface area contributed by atoms with Gasteiger partial charge in [-0.2, -0.15) is 0 Å². The minimum absolute atomic E-state index is 0.211. The molecule has 154 valence electrons. The molecule has 3 aromatic carbocycles. The Balaban J connectivity index is 1.71. The Labute approximate surface area is 174 Å². The fourth-order valence-corrected chi connectivity index (χ4v) is 3.54. The van der Waals surface area contributed by atoms with E-state index >= 15 is 0 Å². The van der Waals surface area contributed by atoms with Gasteiger partial charge >= 0.3 is 0 Å². The van der Waals surface area contributed by atoms with Crippen LogP contribution in [-0.4, -0.2) is 18.3 Å². The zero-order valence-corrected chi connectivity index (χ0v) is 17.5. The van der Waals surface area contributed by atoms with Gasteiger partial charge in [-0.1, -0.05) is 87.7 Å². The van der Waals surface area contributed by atoms with Crippen LogP contribution in [-0.2, 0) is 0 Å². The molecule has 1 N–H and O–H groups in total. The van der Waals surface area contributed by atoms with E-state index in [1.54, 1.807) is 0 Å². The lowest BCUT2D eigenvalue weighted by Crippen LogP contribution is -2.12. The number of unbranched alkanes of at least 4 members (excludes halogenated alkanes) is 1. The van der Waals surface area contributed by atoms with Gasteiger partial charge in [0.15, 0.2) is 0 Å². The van der Waals surface area contributed by atoms with Crippen molar-refractivity contribution in [2.75, 3.05) is 13.2 Å². The first kappa shape index (κ1) is 21.2. The first-order chi connectivity index (χ1) is 14.2. The quantitative estimate of drug-likeness (QED) is 0.402. The van der Waals surface area contributed by atoms with Gasteiger partial charge in [-0.3, -0.25) is 0 Å². The summed E-state index contributed by atoms with van der Waals surface area (Å²) in [5.41, 5.74) is 0.856. The minimum atomic E-state index is -0.658. The smallest absolute Gasteiger partial charge is 0.127 e. The van der Waals surface area contributed by atoms with Crippen LogP contribution in [0.4, 0.5) is 0 Å². The second-order valence-electron chi connectivity index (χ2n) is 7.57. The largest absolute Gasteiger partial charge is 0.493 e. The lowest BCUT2D eigenvalue weighted by Gasteiger charge is -2.18. The maximum Gasteiger partial charge on any atom is 0.127 e. The molecule has 0 aliphatic heterocycles. The summed E-state index contributed by atoms with van der Waals surface area (Å²) in [6.45, 7) is 5.42. The summed E-state index contributed by atoms with van der Waals surface area (Å²) < 4.78 is 12.2. The van der Waals surface area contributed by atoms with Crippen molar-refractivity contribution in [2.24, 2.45) is 5.92 Å². The fraction of sp³-hybridized carbons (Fsp3) is 0.385. The highest BCUT2D eigenvalue weighted by Gasteiger charge is 2.13. The number of ether oxygens (including phenoxy) is 2. The summed E-state index contributed by atoms with van der Waals surface area (Å²) >= 11 is 0. The van der Waals surface area contributed by atoms with Crippen LogP contribution in [0.15, 0.2) is 66.7 Å². The molecule has 0 bridgehead atoms. The van der Waals surface area contributed by atoms with Crippen molar-refractivity contribution in [3.05, 3.63) is 72.3 Å². The van der Waals surface area contributed by atoms with Crippen molar-refractivity contribution >= 4 is 10.8 Å². The molecular weight excluding hydrogens is 360 g/mol. The Morgan fingerprint density at radius 2 is 1.34 bits per heavy atom. The van der Waals surface area contributed by atoms with Gasteiger partial charge in [0.05, 0.1) is 6.61 Å². The van der Waals surface area contributed by atoms with Crippen molar-refractivity contribution in [1.29, 1.82) is 0 Å². The third-order valence-corrected chi connectivity index (χ3v) is 5.44. The van der Waals surface area contributed by atoms with E-state index in [1.807, 2.05) is 60.7 Å². The topological polar surface area (TPSA) is 38.7 Å². The Kier molecular flexibility index (Phi) is 7.94. The third kappa shape index (κ3) is 5.74. The average Bonchev–Trinajstić information content (AvgIpc) is 2.78. The van der Waals surface area contributed by atoms with E-state index in [9.17, 15) is 5.11 Å². The molecule has 0 saturated heterocycles. The number of aliphatic hydroxyl groups is 1. The second kappa shape index (κ2) is 10.9. The molecule has 2 unspecified atom stereocenters. The molecular formula is C26H32O3. The molecule has 3 rings (SSSR count). The summed E-state index contributed by atoms with van der Waals surface area (Å²) in [5, 5.41) is 12.5. The van der Waals surface area contributed by atoms with Gasteiger partial charge in [-0.05, 0) is 30.0 Å². The number of aliphatic hydroxyl groups excluding tert-OH is 1. The standard InChI is InChI=1S/C26H32O3/c1-3-5-11-20(4-2)18-28-25-16-17-26(23-15-10-9-14-22(23)25)29-19-24(27)21-12-7-6-8-13-21/h6-10,12-17,20,24,27H,3-5,11,18-19H2,1-2H3. The Morgan fingerprint density at radius 1 is 0.759 bits per heavy atom. The molecule has 3 nitrogen and oxygen atoms in total. The highest BCUT2D eigenvalue weighted by Crippen LogP contribution is 2.34. The molecule has 0 radical (unpaired) electrons. The number of rotatable bonds is 11. The minimum Gasteiger partial charge on any atom is -0.493 e. The van der Waals surface area contributed by atoms with Crippen LogP contribution in [0.5, 0.6) is 11.5 Å². The predicted molar refractivity (Wildman–Crippen MR) is 120 cm³/mol. The molecule has 0 fully saturated rings. The molecule has 0 heterocycles. The molecule has 0 aliphatic rings. The monoisotopic (exact) mass is 392 g/mol. The van der Waals surface area contributed by atoms with E-state index in [0.29, 0.717) is 5.92 Å². The van der Waals surface area contributed by atoms with Gasteiger partial charge in [0.1, 0.15) is 24.2 Å². The van der Waals surface area contributed by atoms with Crippen LogP contribution in [0.1, 0.15) is 51.2 Å². The van der Waals surface area contributed by atoms with E-state index < -0.39 is 6.10 Å². The lowest BCUT2D eigenvalue weighted by atomic mass is 10.0. The van der Waals surface area contributed by atoms with Gasteiger partial charge in [-0.25, -0.2) is 0 Å². The van der Waals surface area contributed by atoms with Gasteiger partial charge in [-0.15, -0.1) is 0 Å². The Bertz CT molecular complexity index is 876. The van der Waals surface area contributed by atoms with Crippen molar-refractivity contribution < 1.29 is 14.6 Å². The van der Waals surface area contributed by atoms with Gasteiger partial charge in [0.25, 0.3) is 0 Å². The maximum atomic E-state index is 10.4. The van der Waals surface area contributed by atoms with Gasteiger partial charge in [0, 0.05) is 10.8 Å². The normalized spacial score (nSPS) is 13.2. The highest BCUT2D eigenvalue weighted by atomic mass is 16.5. The molecule has 0 aromatic heterocycles. The van der Waals surface area contributed by atoms with Gasteiger partial charge in [0.2, 0.25) is 0 Å². The Hall–Kier alpha value is -2.52. The fourth-order valence-electron chi connectivity index (χ4n) is 3.54. The third-order valence-electron chi connectivity index (χ3n) is 5.44. The van der Waals surface area contributed by atoms with Crippen LogP contribution in [0.3, 0.4) is 0 Å². The van der Waals surface area contributed by atoms with Crippen LogP contribution in [0.2, 0.25) is 0 Å². The lowest BCUT2D eigenvalue weighted by molar-refractivity contribution is 0.109. The van der Waals surface area contributed by atoms with Crippen molar-refractivity contribution in [2.45, 2.75) is 45.6 Å². The number of hydrogen-bond acceptors (Lipinski definition) is 3. The second-order valence-corrected chi connectivity index (χ2v) is 7.57. The van der Waals surface area contributed by atoms with Crippen LogP contribution in [0, 0.1) is 5.92 Å². The summed E-state index contributed by atoms with van der Waals surface area (Å²) in [6.07, 6.45) is 4.16. The molecule has 0 spiro atoms. The molecule has 3 aromatic rings. The van der Waals surface area contributed by atoms with E-state index in [-0.39, 0.29) is 6.61 Å². The van der Waals surface area contributed by atoms with Crippen LogP contribution < -0.4 is 9.47 Å². The highest BCUT2D eigenvalue weighted by molar-refractivity contribution is 5.93. The maximum absolute atomic E-state index is 10.4. The molecule has 3 heteroatoms. The van der Waals surface area contributed by atoms with E-state index in [2.05, 4.69) is 19.9 Å². The van der Waals surface area contributed by atoms with Crippen LogP contribution >= 0.6 is 0 Å². The van der Waals surface area contributed by atoms with Crippen molar-refractivity contribution in [1.82, 2.24) is 0 Å². The van der Waals surface area contributed by atoms with Crippen molar-refractivity contribution in [3.63, 3.8) is 0 Å². The van der Waals surface area contributed by atoms with E-state index in [0.717, 1.165) is 40.9 Å². The Morgan fingerprint density at radius 3 is 1.93 bits per heavy atom. The zero-order valence-electron chi connectivity index (χ0n) is 17.5. The summed E-state index contributed by atoms with van der Waals surface area (Å²) in [5.74, 6) is 2.25. The summed E-state index contributed by atoms with van der Waals surface area (Å²) in [7, 11) is 0. The molecule has 0 amide bonds. The number of fused-ring (bicyclic) bond motifs is 1. The zero-order chi connectivity index (χ0) is 20.5. The predicted octanol–water partition coefficient (Wildman–Crippen LogP) is 6.55. The average molecular weight is 393 g/mol. The molecule has 29 heavy (non-hydrogen) atoms. The van der Waals surface area contributed by atoms with E-state index in [1.165, 1.54) is 19.3 Å². The summed E-state index contributed by atoms with van der Waals surface area (Å²) in [6, 6.07) is 21.7. The number of hydrogen-bond donors (Lipinski definition) is 1. The van der Waals surface area contributed by atoms with Crippen LogP contribution in [0.25, 0.3) is 10.8 Å². The number of benzene rings is 3. The molecule has 0 aliphatic carbocycles. The SMILES string of the molecule is CCCCC(CC)COc1ccc(OCC(O)c2ccccc2)c2ccccc12. The first-order valence-electron chi connectivity index (χ1n) is 10.7. The van der Waals surface area contributed by atoms with Crippen molar-refractivity contribution in [3.8, 4) is 11.5 Å². The molecule has 2 atom stereocenters. The summed E-state index contributed by atoms with van der Waals surface area (Å²) in [4.78, 5) is 0. The molecule has 0 saturated carbocycles. The van der Waals surface area contributed by atoms with E-state index in [4.69, 9.17) is 9.47 Å².